The molecule has 0 saturated heterocycles. The van der Waals surface area contributed by atoms with Crippen molar-refractivity contribution in [3.05, 3.63) is 12.2 Å². The Morgan fingerprint density at radius 2 is 2.14 bits per heavy atom. The molecule has 0 radical (unpaired) electrons. The van der Waals surface area contributed by atoms with Crippen molar-refractivity contribution in [2.75, 3.05) is 0 Å². The normalized spacial score (nSPS) is 15.7. The lowest BCUT2D eigenvalue weighted by molar-refractivity contribution is -0.118. The molecule has 0 spiro atoms. The molecule has 0 aliphatic heterocycles. The molecule has 3 heteroatoms. The van der Waals surface area contributed by atoms with Gasteiger partial charge in [0.15, 0.2) is 0 Å². The van der Waals surface area contributed by atoms with E-state index in [0.29, 0.717) is 6.42 Å². The highest BCUT2D eigenvalue weighted by Crippen LogP contribution is 2.13. The van der Waals surface area contributed by atoms with E-state index in [4.69, 9.17) is 11.6 Å². The van der Waals surface area contributed by atoms with Crippen LogP contribution >= 0.6 is 11.6 Å². The fraction of sp³-hybridized carbons (Fsp3) is 0.727. The number of carbonyl (C=O) groups excluding carboxylic acids is 1. The molecule has 0 unspecified atom stereocenters. The summed E-state index contributed by atoms with van der Waals surface area (Å²) in [7, 11) is 0. The molecule has 82 valence electrons. The highest BCUT2D eigenvalue weighted by Gasteiger charge is 2.16. The molecule has 0 aliphatic rings. The lowest BCUT2D eigenvalue weighted by atomic mass is 10.1. The van der Waals surface area contributed by atoms with E-state index < -0.39 is 6.10 Å². The topological polar surface area (TPSA) is 37.3 Å². The van der Waals surface area contributed by atoms with E-state index in [1.165, 1.54) is 6.92 Å². The summed E-state index contributed by atoms with van der Waals surface area (Å²) in [5.41, 5.74) is 0. The number of carbonyl (C=O) groups is 1. The van der Waals surface area contributed by atoms with Gasteiger partial charge in [0, 0.05) is 6.42 Å². The van der Waals surface area contributed by atoms with Crippen molar-refractivity contribution in [1.29, 1.82) is 0 Å². The fourth-order valence-electron chi connectivity index (χ4n) is 1.15. The standard InChI is InChI=1S/C11H19ClO2/c1-3-4-5-6-7-10(12)11(14)8-9(2)13/h4-5,10-11,14H,3,6-8H2,1-2H3/b5-4-/t10-,11+/m1/s1. The number of hydrogen-bond acceptors (Lipinski definition) is 2. The number of aliphatic hydroxyl groups is 1. The number of halogens is 1. The number of aliphatic hydroxyl groups excluding tert-OH is 1. The average molecular weight is 219 g/mol. The molecule has 2 atom stereocenters. The summed E-state index contributed by atoms with van der Waals surface area (Å²) >= 11 is 5.92. The number of Topliss-reactive ketones (excluding diaryl/α,β-unsaturated/α-hetero) is 1. The molecule has 14 heavy (non-hydrogen) atoms. The van der Waals surface area contributed by atoms with Crippen LogP contribution in [0.1, 0.15) is 39.5 Å². The van der Waals surface area contributed by atoms with Crippen LogP contribution < -0.4 is 0 Å². The molecule has 0 fully saturated rings. The Balaban J connectivity index is 3.66. The highest BCUT2D eigenvalue weighted by atomic mass is 35.5. The van der Waals surface area contributed by atoms with Crippen LogP contribution in [0.15, 0.2) is 12.2 Å². The Kier molecular flexibility index (Phi) is 7.81. The summed E-state index contributed by atoms with van der Waals surface area (Å²) < 4.78 is 0. The van der Waals surface area contributed by atoms with Crippen LogP contribution in [-0.4, -0.2) is 22.4 Å². The molecular weight excluding hydrogens is 200 g/mol. The van der Waals surface area contributed by atoms with Gasteiger partial charge in [-0.2, -0.15) is 0 Å². The van der Waals surface area contributed by atoms with E-state index in [1.54, 1.807) is 0 Å². The predicted molar refractivity (Wildman–Crippen MR) is 59.6 cm³/mol. The third kappa shape index (κ3) is 7.10. The molecule has 0 aromatic rings. The summed E-state index contributed by atoms with van der Waals surface area (Å²) in [6.07, 6.45) is 6.17. The van der Waals surface area contributed by atoms with Gasteiger partial charge in [-0.25, -0.2) is 0 Å². The second-order valence-corrected chi connectivity index (χ2v) is 4.01. The van der Waals surface area contributed by atoms with Gasteiger partial charge in [0.05, 0.1) is 11.5 Å². The maximum atomic E-state index is 10.7. The van der Waals surface area contributed by atoms with Crippen molar-refractivity contribution in [3.63, 3.8) is 0 Å². The number of rotatable bonds is 7. The Morgan fingerprint density at radius 1 is 1.50 bits per heavy atom. The van der Waals surface area contributed by atoms with E-state index in [9.17, 15) is 9.90 Å². The minimum absolute atomic E-state index is 0.0211. The fourth-order valence-corrected chi connectivity index (χ4v) is 1.37. The monoisotopic (exact) mass is 218 g/mol. The quantitative estimate of drug-likeness (QED) is 0.527. The van der Waals surface area contributed by atoms with E-state index in [2.05, 4.69) is 19.1 Å². The van der Waals surface area contributed by atoms with Crippen molar-refractivity contribution >= 4 is 17.4 Å². The van der Waals surface area contributed by atoms with Crippen molar-refractivity contribution in [2.24, 2.45) is 0 Å². The average Bonchev–Trinajstić information content (AvgIpc) is 2.11. The minimum Gasteiger partial charge on any atom is -0.391 e. The van der Waals surface area contributed by atoms with Gasteiger partial charge in [-0.05, 0) is 26.2 Å². The van der Waals surface area contributed by atoms with Gasteiger partial charge < -0.3 is 5.11 Å². The van der Waals surface area contributed by atoms with Crippen molar-refractivity contribution < 1.29 is 9.90 Å². The lowest BCUT2D eigenvalue weighted by Crippen LogP contribution is -2.23. The Hall–Kier alpha value is -0.340. The maximum absolute atomic E-state index is 10.7. The Bertz CT molecular complexity index is 190. The first kappa shape index (κ1) is 13.7. The molecule has 0 aromatic carbocycles. The van der Waals surface area contributed by atoms with Gasteiger partial charge in [-0.1, -0.05) is 19.1 Å². The zero-order valence-electron chi connectivity index (χ0n) is 8.87. The molecular formula is C11H19ClO2. The summed E-state index contributed by atoms with van der Waals surface area (Å²) in [6, 6.07) is 0. The zero-order valence-corrected chi connectivity index (χ0v) is 9.63. The van der Waals surface area contributed by atoms with Crippen LogP contribution in [0, 0.1) is 0 Å². The van der Waals surface area contributed by atoms with E-state index in [0.717, 1.165) is 12.8 Å². The second-order valence-electron chi connectivity index (χ2n) is 3.45. The first-order chi connectivity index (χ1) is 6.57. The van der Waals surface area contributed by atoms with E-state index in [-0.39, 0.29) is 17.6 Å². The molecule has 0 saturated carbocycles. The zero-order chi connectivity index (χ0) is 11.0. The Labute approximate surface area is 91.0 Å². The van der Waals surface area contributed by atoms with Crippen LogP contribution in [0.4, 0.5) is 0 Å². The second kappa shape index (κ2) is 8.01. The molecule has 0 rings (SSSR count). The number of ketones is 1. The summed E-state index contributed by atoms with van der Waals surface area (Å²) in [6.45, 7) is 3.53. The van der Waals surface area contributed by atoms with Crippen LogP contribution in [0.5, 0.6) is 0 Å². The van der Waals surface area contributed by atoms with Gasteiger partial charge in [0.2, 0.25) is 0 Å². The third-order valence-electron chi connectivity index (χ3n) is 1.93. The molecule has 0 aromatic heterocycles. The molecule has 0 heterocycles. The summed E-state index contributed by atoms with van der Waals surface area (Å²) in [4.78, 5) is 10.7. The van der Waals surface area contributed by atoms with E-state index in [1.807, 2.05) is 0 Å². The molecule has 0 bridgehead atoms. The van der Waals surface area contributed by atoms with Crippen LogP contribution in [-0.2, 0) is 4.79 Å². The predicted octanol–water partition coefficient (Wildman–Crippen LogP) is 2.68. The first-order valence-electron chi connectivity index (χ1n) is 5.04. The lowest BCUT2D eigenvalue weighted by Gasteiger charge is -2.14. The number of allylic oxidation sites excluding steroid dienone is 2. The third-order valence-corrected chi connectivity index (χ3v) is 2.43. The highest BCUT2D eigenvalue weighted by molar-refractivity contribution is 6.21. The molecule has 2 nitrogen and oxygen atoms in total. The van der Waals surface area contributed by atoms with Gasteiger partial charge >= 0.3 is 0 Å². The van der Waals surface area contributed by atoms with Crippen molar-refractivity contribution in [2.45, 2.75) is 51.0 Å². The maximum Gasteiger partial charge on any atom is 0.132 e. The van der Waals surface area contributed by atoms with Gasteiger partial charge in [0.1, 0.15) is 5.78 Å². The smallest absolute Gasteiger partial charge is 0.132 e. The SMILES string of the molecule is CC/C=C\CC[C@@H](Cl)[C@@H](O)CC(C)=O. The van der Waals surface area contributed by atoms with Gasteiger partial charge in [-0.3, -0.25) is 4.79 Å². The van der Waals surface area contributed by atoms with Gasteiger partial charge in [-0.15, -0.1) is 11.6 Å². The Morgan fingerprint density at radius 3 is 2.64 bits per heavy atom. The summed E-state index contributed by atoms with van der Waals surface area (Å²) in [5, 5.41) is 9.15. The van der Waals surface area contributed by atoms with Crippen LogP contribution in [0.2, 0.25) is 0 Å². The van der Waals surface area contributed by atoms with Crippen molar-refractivity contribution in [3.8, 4) is 0 Å². The largest absolute Gasteiger partial charge is 0.391 e. The first-order valence-corrected chi connectivity index (χ1v) is 5.48. The molecule has 1 N–H and O–H groups in total. The number of hydrogen-bond donors (Lipinski definition) is 1. The van der Waals surface area contributed by atoms with E-state index >= 15 is 0 Å². The molecule has 0 aliphatic carbocycles. The van der Waals surface area contributed by atoms with Crippen LogP contribution in [0.25, 0.3) is 0 Å². The number of alkyl halides is 1. The minimum atomic E-state index is -0.704. The van der Waals surface area contributed by atoms with Crippen molar-refractivity contribution in [1.82, 2.24) is 0 Å². The van der Waals surface area contributed by atoms with Crippen LogP contribution in [0.3, 0.4) is 0 Å². The van der Waals surface area contributed by atoms with Gasteiger partial charge in [0.25, 0.3) is 0 Å². The summed E-state index contributed by atoms with van der Waals surface area (Å²) in [5.74, 6) is -0.0211. The molecule has 0 amide bonds.